The van der Waals surface area contributed by atoms with E-state index in [1.807, 2.05) is 6.07 Å². The van der Waals surface area contributed by atoms with Crippen molar-refractivity contribution in [2.24, 2.45) is 5.41 Å². The summed E-state index contributed by atoms with van der Waals surface area (Å²) in [5.74, 6) is -1.99. The third-order valence-corrected chi connectivity index (χ3v) is 9.05. The minimum absolute atomic E-state index is 0.0473. The molecule has 41 heavy (non-hydrogen) atoms. The van der Waals surface area contributed by atoms with E-state index in [4.69, 9.17) is 27.9 Å². The lowest BCUT2D eigenvalue weighted by molar-refractivity contribution is -0.123. The van der Waals surface area contributed by atoms with Crippen molar-refractivity contribution in [3.63, 3.8) is 0 Å². The van der Waals surface area contributed by atoms with Crippen LogP contribution < -0.4 is 16.0 Å². The second-order valence-electron chi connectivity index (χ2n) is 12.5. The number of morpholine rings is 1. The first-order valence-electron chi connectivity index (χ1n) is 14.4. The zero-order valence-electron chi connectivity index (χ0n) is 23.9. The van der Waals surface area contributed by atoms with Gasteiger partial charge >= 0.3 is 0 Å². The number of carbonyl (C=O) groups excluding carboxylic acids is 2. The first kappa shape index (κ1) is 30.2. The van der Waals surface area contributed by atoms with Crippen molar-refractivity contribution < 1.29 is 18.7 Å². The SMILES string of the molecule is CC(C)(C)C[C@H]1N[C@@H](C(=O)NCCCCN2CCOCC2)C(c2cccc(Cl)c2F)[C@@]12C(=O)Nc1cc(Cl)ccc12. The normalized spacial score (nSPS) is 26.3. The van der Waals surface area contributed by atoms with Gasteiger partial charge in [0.1, 0.15) is 11.2 Å². The molecule has 3 aliphatic heterocycles. The lowest BCUT2D eigenvalue weighted by Crippen LogP contribution is -2.49. The molecule has 2 aromatic rings. The molecule has 0 aliphatic carbocycles. The van der Waals surface area contributed by atoms with Crippen LogP contribution in [0, 0.1) is 11.2 Å². The number of unbranched alkanes of at least 4 members (excludes halogenated alkanes) is 1. The summed E-state index contributed by atoms with van der Waals surface area (Å²) >= 11 is 12.6. The molecule has 222 valence electrons. The van der Waals surface area contributed by atoms with Crippen LogP contribution in [0.2, 0.25) is 10.0 Å². The molecule has 7 nitrogen and oxygen atoms in total. The van der Waals surface area contributed by atoms with Crippen molar-refractivity contribution >= 4 is 40.7 Å². The molecule has 3 N–H and O–H groups in total. The molecule has 0 bridgehead atoms. The topological polar surface area (TPSA) is 82.7 Å². The molecule has 2 aromatic carbocycles. The van der Waals surface area contributed by atoms with Gasteiger partial charge in [-0.15, -0.1) is 0 Å². The highest BCUT2D eigenvalue weighted by molar-refractivity contribution is 6.31. The summed E-state index contributed by atoms with van der Waals surface area (Å²) in [4.78, 5) is 30.4. The Morgan fingerprint density at radius 1 is 1.17 bits per heavy atom. The highest BCUT2D eigenvalue weighted by atomic mass is 35.5. The van der Waals surface area contributed by atoms with Crippen molar-refractivity contribution in [2.75, 3.05) is 44.7 Å². The number of anilines is 1. The first-order chi connectivity index (χ1) is 19.5. The Kier molecular flexibility index (Phi) is 8.98. The largest absolute Gasteiger partial charge is 0.379 e. The fourth-order valence-electron chi connectivity index (χ4n) is 6.76. The van der Waals surface area contributed by atoms with Crippen LogP contribution in [0.25, 0.3) is 0 Å². The van der Waals surface area contributed by atoms with E-state index in [0.29, 0.717) is 29.2 Å². The van der Waals surface area contributed by atoms with E-state index in [2.05, 4.69) is 41.6 Å². The van der Waals surface area contributed by atoms with Gasteiger partial charge in [-0.1, -0.05) is 62.2 Å². The zero-order chi connectivity index (χ0) is 29.4. The summed E-state index contributed by atoms with van der Waals surface area (Å²) < 4.78 is 21.2. The van der Waals surface area contributed by atoms with Gasteiger partial charge in [0.25, 0.3) is 0 Å². The number of nitrogens with one attached hydrogen (secondary N) is 3. The number of amides is 2. The smallest absolute Gasteiger partial charge is 0.237 e. The van der Waals surface area contributed by atoms with Gasteiger partial charge in [-0.25, -0.2) is 4.39 Å². The Balaban J connectivity index is 1.48. The fraction of sp³-hybridized carbons (Fsp3) is 0.548. The van der Waals surface area contributed by atoms with Gasteiger partial charge in [0.15, 0.2) is 0 Å². The summed E-state index contributed by atoms with van der Waals surface area (Å²) in [6, 6.07) is 8.75. The molecular weight excluding hydrogens is 566 g/mol. The zero-order valence-corrected chi connectivity index (χ0v) is 25.4. The lowest BCUT2D eigenvalue weighted by Gasteiger charge is -2.37. The molecule has 1 unspecified atom stereocenters. The van der Waals surface area contributed by atoms with Crippen LogP contribution in [-0.4, -0.2) is 68.2 Å². The number of carbonyl (C=O) groups is 2. The van der Waals surface area contributed by atoms with Gasteiger partial charge in [-0.3, -0.25) is 14.5 Å². The Morgan fingerprint density at radius 3 is 2.66 bits per heavy atom. The van der Waals surface area contributed by atoms with Gasteiger partial charge in [0, 0.05) is 42.3 Å². The van der Waals surface area contributed by atoms with Crippen LogP contribution in [0.1, 0.15) is 57.1 Å². The molecule has 0 aromatic heterocycles. The van der Waals surface area contributed by atoms with E-state index in [-0.39, 0.29) is 27.8 Å². The standard InChI is InChI=1S/C31H39Cl2FN4O3/c1-30(2,3)18-24-31(21-10-9-19(32)17-23(21)36-29(31)40)25(20-7-6-8-22(33)26(20)34)27(37-24)28(39)35-11-4-5-12-38-13-15-41-16-14-38/h6-10,17,24-25,27,37H,4-5,11-16,18H2,1-3H3,(H,35,39)(H,36,40)/t24-,25?,27-,31+/m1/s1. The van der Waals surface area contributed by atoms with Crippen LogP contribution in [0.15, 0.2) is 36.4 Å². The Morgan fingerprint density at radius 2 is 1.93 bits per heavy atom. The quantitative estimate of drug-likeness (QED) is 0.365. The van der Waals surface area contributed by atoms with Crippen molar-refractivity contribution in [1.29, 1.82) is 0 Å². The first-order valence-corrected chi connectivity index (χ1v) is 15.2. The minimum atomic E-state index is -1.25. The number of ether oxygens (including phenoxy) is 1. The predicted molar refractivity (Wildman–Crippen MR) is 160 cm³/mol. The van der Waals surface area contributed by atoms with Crippen molar-refractivity contribution in [3.05, 3.63) is 63.4 Å². The van der Waals surface area contributed by atoms with Gasteiger partial charge in [-0.05, 0) is 60.5 Å². The highest BCUT2D eigenvalue weighted by Crippen LogP contribution is 2.57. The van der Waals surface area contributed by atoms with E-state index in [1.165, 1.54) is 6.07 Å². The number of hydrogen-bond acceptors (Lipinski definition) is 5. The van der Waals surface area contributed by atoms with E-state index in [9.17, 15) is 9.59 Å². The summed E-state index contributed by atoms with van der Waals surface area (Å²) in [6.07, 6.45) is 2.33. The molecule has 1 spiro atoms. The molecule has 2 fully saturated rings. The Labute approximate surface area is 251 Å². The minimum Gasteiger partial charge on any atom is -0.379 e. The number of hydrogen-bond donors (Lipinski definition) is 3. The van der Waals surface area contributed by atoms with Crippen molar-refractivity contribution in [2.45, 2.75) is 63.5 Å². The maximum absolute atomic E-state index is 15.8. The van der Waals surface area contributed by atoms with Crippen LogP contribution in [-0.2, 0) is 19.7 Å². The third-order valence-electron chi connectivity index (χ3n) is 8.53. The van der Waals surface area contributed by atoms with Crippen LogP contribution in [0.4, 0.5) is 10.1 Å². The molecule has 5 rings (SSSR count). The van der Waals surface area contributed by atoms with Crippen LogP contribution in [0.5, 0.6) is 0 Å². The Hall–Kier alpha value is -2.23. The average molecular weight is 606 g/mol. The average Bonchev–Trinajstić information content (AvgIpc) is 3.39. The maximum Gasteiger partial charge on any atom is 0.237 e. The van der Waals surface area contributed by atoms with Gasteiger partial charge < -0.3 is 20.7 Å². The van der Waals surface area contributed by atoms with Crippen LogP contribution >= 0.6 is 23.2 Å². The van der Waals surface area contributed by atoms with Crippen molar-refractivity contribution in [1.82, 2.24) is 15.5 Å². The number of rotatable bonds is 8. The predicted octanol–water partition coefficient (Wildman–Crippen LogP) is 5.11. The maximum atomic E-state index is 15.8. The van der Waals surface area contributed by atoms with Gasteiger partial charge in [-0.2, -0.15) is 0 Å². The van der Waals surface area contributed by atoms with Gasteiger partial charge in [0.05, 0.1) is 24.3 Å². The molecule has 2 amide bonds. The number of benzene rings is 2. The van der Waals surface area contributed by atoms with E-state index in [0.717, 1.165) is 45.7 Å². The van der Waals surface area contributed by atoms with Gasteiger partial charge in [0.2, 0.25) is 11.8 Å². The molecular formula is C31H39Cl2FN4O3. The second-order valence-corrected chi connectivity index (χ2v) is 13.4. The Bertz CT molecular complexity index is 1300. The van der Waals surface area contributed by atoms with E-state index < -0.39 is 29.2 Å². The van der Waals surface area contributed by atoms with E-state index in [1.54, 1.807) is 24.3 Å². The molecule has 3 heterocycles. The third kappa shape index (κ3) is 6.00. The molecule has 0 radical (unpaired) electrons. The highest BCUT2D eigenvalue weighted by Gasteiger charge is 2.66. The van der Waals surface area contributed by atoms with Crippen molar-refractivity contribution in [3.8, 4) is 0 Å². The fourth-order valence-corrected chi connectivity index (χ4v) is 7.11. The monoisotopic (exact) mass is 604 g/mol. The number of nitrogens with zero attached hydrogens (tertiary/aromatic N) is 1. The van der Waals surface area contributed by atoms with E-state index >= 15 is 4.39 Å². The molecule has 0 saturated carbocycles. The number of fused-ring (bicyclic) bond motifs is 2. The summed E-state index contributed by atoms with van der Waals surface area (Å²) in [5.41, 5.74) is 0.0879. The van der Waals surface area contributed by atoms with Crippen LogP contribution in [0.3, 0.4) is 0 Å². The second kappa shape index (κ2) is 12.2. The molecule has 2 saturated heterocycles. The summed E-state index contributed by atoms with van der Waals surface area (Å²) in [7, 11) is 0. The number of halogens is 3. The molecule has 4 atom stereocenters. The molecule has 10 heteroatoms. The molecule has 3 aliphatic rings. The lowest BCUT2D eigenvalue weighted by atomic mass is 9.62. The summed E-state index contributed by atoms with van der Waals surface area (Å²) in [6.45, 7) is 11.1. The summed E-state index contributed by atoms with van der Waals surface area (Å²) in [5, 5.41) is 10.0.